The first-order valence-corrected chi connectivity index (χ1v) is 9.58. The first-order valence-electron chi connectivity index (χ1n) is 8.70. The van der Waals surface area contributed by atoms with Crippen LogP contribution in [-0.2, 0) is 6.42 Å². The van der Waals surface area contributed by atoms with Crippen LogP contribution >= 0.6 is 11.3 Å². The van der Waals surface area contributed by atoms with Crippen molar-refractivity contribution in [3.8, 4) is 11.3 Å². The summed E-state index contributed by atoms with van der Waals surface area (Å²) in [6.07, 6.45) is 2.27. The van der Waals surface area contributed by atoms with Crippen molar-refractivity contribution in [3.63, 3.8) is 0 Å². The first kappa shape index (κ1) is 17.3. The van der Waals surface area contributed by atoms with E-state index < -0.39 is 0 Å². The number of benzene rings is 2. The number of fused-ring (bicyclic) bond motifs is 1. The monoisotopic (exact) mass is 374 g/mol. The average molecular weight is 374 g/mol. The lowest BCUT2D eigenvalue weighted by Crippen LogP contribution is -2.26. The highest BCUT2D eigenvalue weighted by molar-refractivity contribution is 7.09. The third-order valence-corrected chi connectivity index (χ3v) is 5.02. The van der Waals surface area contributed by atoms with Crippen LogP contribution in [0.2, 0.25) is 0 Å². The molecule has 134 valence electrons. The zero-order valence-electron chi connectivity index (χ0n) is 14.8. The van der Waals surface area contributed by atoms with Crippen LogP contribution in [0.1, 0.15) is 21.1 Å². The molecule has 0 saturated carbocycles. The maximum absolute atomic E-state index is 12.3. The van der Waals surface area contributed by atoms with Gasteiger partial charge < -0.3 is 5.32 Å². The second-order valence-electron chi connectivity index (χ2n) is 6.20. The number of carbonyl (C=O) groups is 1. The molecule has 0 fully saturated rings. The van der Waals surface area contributed by atoms with Crippen LogP contribution < -0.4 is 5.32 Å². The number of hydrogen-bond acceptors (Lipinski definition) is 5. The van der Waals surface area contributed by atoms with Crippen LogP contribution in [0.3, 0.4) is 0 Å². The molecular formula is C21H18N4OS. The molecule has 0 aliphatic rings. The summed E-state index contributed by atoms with van der Waals surface area (Å²) in [6, 6.07) is 15.8. The molecule has 0 aliphatic heterocycles. The van der Waals surface area contributed by atoms with Gasteiger partial charge in [0.1, 0.15) is 5.69 Å². The molecule has 2 aromatic heterocycles. The molecule has 0 radical (unpaired) electrons. The summed E-state index contributed by atoms with van der Waals surface area (Å²) in [4.78, 5) is 25.4. The van der Waals surface area contributed by atoms with E-state index in [9.17, 15) is 4.79 Å². The topological polar surface area (TPSA) is 67.8 Å². The van der Waals surface area contributed by atoms with Crippen LogP contribution in [0.25, 0.3) is 22.3 Å². The highest BCUT2D eigenvalue weighted by Gasteiger charge is 2.08. The Kier molecular flexibility index (Phi) is 4.89. The number of nitrogens with one attached hydrogen (secondary N) is 1. The number of aryl methyl sites for hydroxylation is 1. The Morgan fingerprint density at radius 3 is 2.56 bits per heavy atom. The maximum atomic E-state index is 12.3. The van der Waals surface area contributed by atoms with Crippen molar-refractivity contribution in [2.24, 2.45) is 0 Å². The van der Waals surface area contributed by atoms with Gasteiger partial charge in [-0.2, -0.15) is 0 Å². The molecule has 0 spiro atoms. The number of hydrogen-bond donors (Lipinski definition) is 1. The van der Waals surface area contributed by atoms with Crippen LogP contribution in [0, 0.1) is 6.92 Å². The van der Waals surface area contributed by atoms with Gasteiger partial charge in [0.05, 0.1) is 27.9 Å². The Morgan fingerprint density at radius 2 is 1.81 bits per heavy atom. The second kappa shape index (κ2) is 7.63. The fourth-order valence-electron chi connectivity index (χ4n) is 2.82. The molecular weight excluding hydrogens is 356 g/mol. The largest absolute Gasteiger partial charge is 0.350 e. The van der Waals surface area contributed by atoms with Gasteiger partial charge in [-0.15, -0.1) is 11.3 Å². The summed E-state index contributed by atoms with van der Waals surface area (Å²) in [5.41, 5.74) is 5.12. The van der Waals surface area contributed by atoms with Gasteiger partial charge in [-0.25, -0.2) is 9.97 Å². The molecule has 1 N–H and O–H groups in total. The molecule has 4 aromatic rings. The van der Waals surface area contributed by atoms with E-state index in [-0.39, 0.29) is 5.91 Å². The number of aromatic nitrogens is 3. The van der Waals surface area contributed by atoms with E-state index >= 15 is 0 Å². The quantitative estimate of drug-likeness (QED) is 0.573. The van der Waals surface area contributed by atoms with Crippen LogP contribution in [0.5, 0.6) is 0 Å². The van der Waals surface area contributed by atoms with Crippen molar-refractivity contribution in [2.45, 2.75) is 13.3 Å². The number of thiazole rings is 1. The van der Waals surface area contributed by atoms with Gasteiger partial charge in [0.2, 0.25) is 0 Å². The second-order valence-corrected chi connectivity index (χ2v) is 7.26. The van der Waals surface area contributed by atoms with Crippen molar-refractivity contribution in [1.29, 1.82) is 0 Å². The van der Waals surface area contributed by atoms with E-state index in [0.717, 1.165) is 39.3 Å². The van der Waals surface area contributed by atoms with E-state index in [1.165, 1.54) is 6.20 Å². The van der Waals surface area contributed by atoms with E-state index in [1.54, 1.807) is 11.3 Å². The number of carbonyl (C=O) groups excluding carboxylic acids is 1. The predicted octanol–water partition coefficient (Wildman–Crippen LogP) is 4.03. The third kappa shape index (κ3) is 4.01. The van der Waals surface area contributed by atoms with E-state index in [1.807, 2.05) is 31.2 Å². The average Bonchev–Trinajstić information content (AvgIpc) is 3.14. The number of amides is 1. The Balaban J connectivity index is 1.35. The van der Waals surface area contributed by atoms with Gasteiger partial charge >= 0.3 is 0 Å². The molecule has 5 nitrogen and oxygen atoms in total. The van der Waals surface area contributed by atoms with Crippen molar-refractivity contribution >= 4 is 28.3 Å². The molecule has 0 unspecified atom stereocenters. The van der Waals surface area contributed by atoms with Gasteiger partial charge in [0.25, 0.3) is 5.91 Å². The Hall–Kier alpha value is -3.12. The minimum Gasteiger partial charge on any atom is -0.350 e. The smallest absolute Gasteiger partial charge is 0.271 e. The molecule has 1 amide bonds. The van der Waals surface area contributed by atoms with Gasteiger partial charge in [0, 0.05) is 17.5 Å². The van der Waals surface area contributed by atoms with E-state index in [2.05, 4.69) is 49.9 Å². The summed E-state index contributed by atoms with van der Waals surface area (Å²) >= 11 is 1.65. The molecule has 2 heterocycles. The Morgan fingerprint density at radius 1 is 1.04 bits per heavy atom. The molecule has 0 atom stereocenters. The summed E-state index contributed by atoms with van der Waals surface area (Å²) in [5.74, 6) is -0.206. The van der Waals surface area contributed by atoms with Crippen LogP contribution in [0.15, 0.2) is 60.1 Å². The summed E-state index contributed by atoms with van der Waals surface area (Å²) < 4.78 is 0. The molecule has 6 heteroatoms. The first-order chi connectivity index (χ1) is 13.2. The summed E-state index contributed by atoms with van der Waals surface area (Å²) in [5, 5.41) is 6.04. The molecule has 0 aliphatic carbocycles. The van der Waals surface area contributed by atoms with E-state index in [0.29, 0.717) is 12.2 Å². The highest BCUT2D eigenvalue weighted by atomic mass is 32.1. The minimum absolute atomic E-state index is 0.206. The van der Waals surface area contributed by atoms with Gasteiger partial charge in [-0.3, -0.25) is 9.78 Å². The Labute approximate surface area is 161 Å². The summed E-state index contributed by atoms with van der Waals surface area (Å²) in [7, 11) is 0. The standard InChI is InChI=1S/C21H18N4OS/c1-14-24-20(13-27-14)16-8-6-15(7-9-16)10-11-22-21(26)19-12-23-17-4-2-3-5-18(17)25-19/h2-9,12-13H,10-11H2,1H3,(H,22,26). The van der Waals surface area contributed by atoms with Crippen LogP contribution in [0.4, 0.5) is 0 Å². The maximum Gasteiger partial charge on any atom is 0.271 e. The van der Waals surface area contributed by atoms with Crippen molar-refractivity contribution in [3.05, 3.63) is 76.4 Å². The SMILES string of the molecule is Cc1nc(-c2ccc(CCNC(=O)c3cnc4ccccc4n3)cc2)cs1. The predicted molar refractivity (Wildman–Crippen MR) is 108 cm³/mol. The van der Waals surface area contributed by atoms with Gasteiger partial charge in [-0.1, -0.05) is 36.4 Å². The zero-order chi connectivity index (χ0) is 18.6. The third-order valence-electron chi connectivity index (χ3n) is 4.25. The molecule has 0 bridgehead atoms. The number of rotatable bonds is 5. The van der Waals surface area contributed by atoms with Gasteiger partial charge in [-0.05, 0) is 31.0 Å². The zero-order valence-corrected chi connectivity index (χ0v) is 15.7. The summed E-state index contributed by atoms with van der Waals surface area (Å²) in [6.45, 7) is 2.55. The number of nitrogens with zero attached hydrogens (tertiary/aromatic N) is 3. The Bertz CT molecular complexity index is 1090. The van der Waals surface area contributed by atoms with Crippen molar-refractivity contribution < 1.29 is 4.79 Å². The molecule has 2 aromatic carbocycles. The highest BCUT2D eigenvalue weighted by Crippen LogP contribution is 2.21. The lowest BCUT2D eigenvalue weighted by atomic mass is 10.1. The fourth-order valence-corrected chi connectivity index (χ4v) is 3.44. The van der Waals surface area contributed by atoms with Crippen molar-refractivity contribution in [2.75, 3.05) is 6.54 Å². The fraction of sp³-hybridized carbons (Fsp3) is 0.143. The molecule has 4 rings (SSSR count). The lowest BCUT2D eigenvalue weighted by molar-refractivity contribution is 0.0949. The number of para-hydroxylation sites is 2. The minimum atomic E-state index is -0.206. The molecule has 0 saturated heterocycles. The van der Waals surface area contributed by atoms with Crippen molar-refractivity contribution in [1.82, 2.24) is 20.3 Å². The lowest BCUT2D eigenvalue weighted by Gasteiger charge is -2.06. The van der Waals surface area contributed by atoms with E-state index in [4.69, 9.17) is 0 Å². The van der Waals surface area contributed by atoms with Gasteiger partial charge in [0.15, 0.2) is 0 Å². The normalized spacial score (nSPS) is 10.9. The molecule has 27 heavy (non-hydrogen) atoms. The van der Waals surface area contributed by atoms with Crippen LogP contribution in [-0.4, -0.2) is 27.4 Å².